The lowest BCUT2D eigenvalue weighted by Crippen LogP contribution is -2.39. The zero-order valence-electron chi connectivity index (χ0n) is 14.3. The van der Waals surface area contributed by atoms with E-state index in [1.165, 1.54) is 23.1 Å². The van der Waals surface area contributed by atoms with E-state index in [-0.39, 0.29) is 28.2 Å². The largest absolute Gasteiger partial charge is 0.345 e. The van der Waals surface area contributed by atoms with Gasteiger partial charge in [-0.3, -0.25) is 9.59 Å². The van der Waals surface area contributed by atoms with Gasteiger partial charge < -0.3 is 4.90 Å². The van der Waals surface area contributed by atoms with Crippen LogP contribution in [0.5, 0.6) is 0 Å². The highest BCUT2D eigenvalue weighted by atomic mass is 32.2. The molecular weight excluding hydrogens is 328 g/mol. The Kier molecular flexibility index (Phi) is 5.64. The van der Waals surface area contributed by atoms with Crippen molar-refractivity contribution in [3.05, 3.63) is 29.8 Å². The monoisotopic (exact) mass is 352 g/mol. The third kappa shape index (κ3) is 4.14. The van der Waals surface area contributed by atoms with Gasteiger partial charge in [-0.25, -0.2) is 13.1 Å². The fourth-order valence-corrected chi connectivity index (χ4v) is 4.10. The lowest BCUT2D eigenvalue weighted by molar-refractivity contribution is -0.125. The van der Waals surface area contributed by atoms with Crippen LogP contribution < -0.4 is 4.72 Å². The molecule has 2 rings (SSSR count). The third-order valence-corrected chi connectivity index (χ3v) is 5.83. The summed E-state index contributed by atoms with van der Waals surface area (Å²) in [6.07, 6.45) is 3.66. The first-order valence-corrected chi connectivity index (χ1v) is 9.59. The molecule has 7 heteroatoms. The van der Waals surface area contributed by atoms with Crippen LogP contribution in [0.15, 0.2) is 29.2 Å². The standard InChI is InChI=1S/C17H24N2O4S/c1-12-7-4-5-10-15(12)16(20)18-24(22,23)14-9-6-8-13(11-14)17(21)19(2)3/h6,8-9,11-12,15H,4-5,7,10H2,1-3H3,(H,18,20). The highest BCUT2D eigenvalue weighted by Gasteiger charge is 2.30. The minimum Gasteiger partial charge on any atom is -0.345 e. The first-order valence-electron chi connectivity index (χ1n) is 8.11. The van der Waals surface area contributed by atoms with Crippen LogP contribution in [0.3, 0.4) is 0 Å². The van der Waals surface area contributed by atoms with Crippen LogP contribution in [-0.2, 0) is 14.8 Å². The summed E-state index contributed by atoms with van der Waals surface area (Å²) in [5.74, 6) is -0.846. The minimum absolute atomic E-state index is 0.0768. The van der Waals surface area contributed by atoms with Gasteiger partial charge >= 0.3 is 0 Å². The Bertz CT molecular complexity index is 728. The smallest absolute Gasteiger partial charge is 0.264 e. The molecule has 1 aromatic rings. The normalized spacial score (nSPS) is 21.1. The number of carbonyl (C=O) groups excluding carboxylic acids is 2. The maximum absolute atomic E-state index is 12.5. The molecule has 1 fully saturated rings. The highest BCUT2D eigenvalue weighted by Crippen LogP contribution is 2.30. The fourth-order valence-electron chi connectivity index (χ4n) is 3.03. The summed E-state index contributed by atoms with van der Waals surface area (Å²) in [4.78, 5) is 25.6. The minimum atomic E-state index is -3.98. The van der Waals surface area contributed by atoms with Crippen molar-refractivity contribution < 1.29 is 18.0 Å². The summed E-state index contributed by atoms with van der Waals surface area (Å²) < 4.78 is 27.1. The summed E-state index contributed by atoms with van der Waals surface area (Å²) in [6, 6.07) is 5.72. The van der Waals surface area contributed by atoms with Crippen molar-refractivity contribution in [2.75, 3.05) is 14.1 Å². The molecule has 0 aromatic heterocycles. The van der Waals surface area contributed by atoms with E-state index in [2.05, 4.69) is 4.72 Å². The van der Waals surface area contributed by atoms with Gasteiger partial charge in [0.15, 0.2) is 0 Å². The van der Waals surface area contributed by atoms with Gasteiger partial charge in [0.1, 0.15) is 0 Å². The number of amides is 2. The first kappa shape index (κ1) is 18.4. The van der Waals surface area contributed by atoms with Crippen molar-refractivity contribution in [1.82, 2.24) is 9.62 Å². The molecule has 1 aliphatic carbocycles. The Morgan fingerprint density at radius 2 is 1.83 bits per heavy atom. The molecule has 0 saturated heterocycles. The molecule has 2 amide bonds. The quantitative estimate of drug-likeness (QED) is 0.898. The van der Waals surface area contributed by atoms with Crippen LogP contribution >= 0.6 is 0 Å². The lowest BCUT2D eigenvalue weighted by atomic mass is 9.80. The Morgan fingerprint density at radius 3 is 2.46 bits per heavy atom. The van der Waals surface area contributed by atoms with Crippen molar-refractivity contribution in [1.29, 1.82) is 0 Å². The number of nitrogens with zero attached hydrogens (tertiary/aromatic N) is 1. The molecule has 24 heavy (non-hydrogen) atoms. The first-order chi connectivity index (χ1) is 11.2. The van der Waals surface area contributed by atoms with E-state index in [4.69, 9.17) is 0 Å². The number of carbonyl (C=O) groups is 2. The Morgan fingerprint density at radius 1 is 1.17 bits per heavy atom. The molecule has 0 bridgehead atoms. The second-order valence-corrected chi connectivity index (χ2v) is 8.25. The van der Waals surface area contributed by atoms with Gasteiger partial charge in [-0.2, -0.15) is 0 Å². The van der Waals surface area contributed by atoms with Crippen LogP contribution in [0.25, 0.3) is 0 Å². The molecule has 2 unspecified atom stereocenters. The van der Waals surface area contributed by atoms with Crippen molar-refractivity contribution in [3.8, 4) is 0 Å². The van der Waals surface area contributed by atoms with Gasteiger partial charge in [0, 0.05) is 25.6 Å². The summed E-state index contributed by atoms with van der Waals surface area (Å²) in [6.45, 7) is 1.98. The average Bonchev–Trinajstić information content (AvgIpc) is 2.54. The van der Waals surface area contributed by atoms with Crippen LogP contribution in [0.2, 0.25) is 0 Å². The maximum Gasteiger partial charge on any atom is 0.264 e. The number of rotatable bonds is 4. The van der Waals surface area contributed by atoms with Gasteiger partial charge in [-0.1, -0.05) is 25.8 Å². The molecule has 1 aliphatic rings. The van der Waals surface area contributed by atoms with Gasteiger partial charge in [0.05, 0.1) is 4.90 Å². The van der Waals surface area contributed by atoms with Crippen LogP contribution in [0.4, 0.5) is 0 Å². The predicted octanol–water partition coefficient (Wildman–Crippen LogP) is 2.02. The summed E-state index contributed by atoms with van der Waals surface area (Å²) in [5.41, 5.74) is 0.265. The summed E-state index contributed by atoms with van der Waals surface area (Å²) in [5, 5.41) is 0. The molecule has 0 aliphatic heterocycles. The Labute approximate surface area is 143 Å². The molecule has 132 valence electrons. The summed E-state index contributed by atoms with van der Waals surface area (Å²) in [7, 11) is -0.798. The molecule has 0 spiro atoms. The van der Waals surface area contributed by atoms with Gasteiger partial charge in [0.25, 0.3) is 15.9 Å². The van der Waals surface area contributed by atoms with Gasteiger partial charge in [-0.05, 0) is 37.0 Å². The molecule has 1 saturated carbocycles. The third-order valence-electron chi connectivity index (χ3n) is 4.48. The van der Waals surface area contributed by atoms with Crippen molar-refractivity contribution in [2.45, 2.75) is 37.5 Å². The number of sulfonamides is 1. The average molecular weight is 352 g/mol. The van der Waals surface area contributed by atoms with Crippen molar-refractivity contribution >= 4 is 21.8 Å². The second kappa shape index (κ2) is 7.34. The summed E-state index contributed by atoms with van der Waals surface area (Å²) >= 11 is 0. The molecule has 6 nitrogen and oxygen atoms in total. The highest BCUT2D eigenvalue weighted by molar-refractivity contribution is 7.90. The zero-order valence-corrected chi connectivity index (χ0v) is 15.1. The molecule has 0 heterocycles. The number of hydrogen-bond donors (Lipinski definition) is 1. The molecule has 0 radical (unpaired) electrons. The lowest BCUT2D eigenvalue weighted by Gasteiger charge is -2.27. The van der Waals surface area contributed by atoms with Gasteiger partial charge in [0.2, 0.25) is 5.91 Å². The molecular formula is C17H24N2O4S. The van der Waals surface area contributed by atoms with E-state index in [1.54, 1.807) is 20.2 Å². The predicted molar refractivity (Wildman–Crippen MR) is 90.9 cm³/mol. The Balaban J connectivity index is 2.19. The van der Waals surface area contributed by atoms with Crippen molar-refractivity contribution in [3.63, 3.8) is 0 Å². The zero-order chi connectivity index (χ0) is 17.9. The van der Waals surface area contributed by atoms with E-state index in [0.717, 1.165) is 19.3 Å². The molecule has 1 aromatic carbocycles. The Hall–Kier alpha value is -1.89. The fraction of sp³-hybridized carbons (Fsp3) is 0.529. The van der Waals surface area contributed by atoms with E-state index in [9.17, 15) is 18.0 Å². The SMILES string of the molecule is CC1CCCCC1C(=O)NS(=O)(=O)c1cccc(C(=O)N(C)C)c1. The molecule has 2 atom stereocenters. The molecule has 1 N–H and O–H groups in total. The van der Waals surface area contributed by atoms with E-state index in [1.807, 2.05) is 6.92 Å². The van der Waals surface area contributed by atoms with Crippen LogP contribution in [0.1, 0.15) is 43.0 Å². The van der Waals surface area contributed by atoms with E-state index in [0.29, 0.717) is 6.42 Å². The maximum atomic E-state index is 12.5. The number of hydrogen-bond acceptors (Lipinski definition) is 4. The number of benzene rings is 1. The van der Waals surface area contributed by atoms with Crippen LogP contribution in [-0.4, -0.2) is 39.2 Å². The topological polar surface area (TPSA) is 83.5 Å². The van der Waals surface area contributed by atoms with Crippen molar-refractivity contribution in [2.24, 2.45) is 11.8 Å². The number of nitrogens with one attached hydrogen (secondary N) is 1. The van der Waals surface area contributed by atoms with Crippen LogP contribution in [0, 0.1) is 11.8 Å². The van der Waals surface area contributed by atoms with Gasteiger partial charge in [-0.15, -0.1) is 0 Å². The second-order valence-electron chi connectivity index (χ2n) is 6.57. The van der Waals surface area contributed by atoms with E-state index >= 15 is 0 Å². The van der Waals surface area contributed by atoms with E-state index < -0.39 is 15.9 Å².